The highest BCUT2D eigenvalue weighted by molar-refractivity contribution is 7.91. The maximum Gasteiger partial charge on any atom is 0.209 e. The number of benzene rings is 2. The molecule has 0 radical (unpaired) electrons. The van der Waals surface area contributed by atoms with Crippen molar-refractivity contribution in [2.45, 2.75) is 9.79 Å². The van der Waals surface area contributed by atoms with Gasteiger partial charge in [0.2, 0.25) is 9.84 Å². The quantitative estimate of drug-likeness (QED) is 0.647. The maximum atomic E-state index is 13.7. The van der Waals surface area contributed by atoms with Crippen LogP contribution >= 0.6 is 11.6 Å². The first-order valence-corrected chi connectivity index (χ1v) is 8.40. The predicted molar refractivity (Wildman–Crippen MR) is 83.3 cm³/mol. The number of fused-ring (bicyclic) bond motifs is 1. The Balaban J connectivity index is 2.27. The van der Waals surface area contributed by atoms with Crippen LogP contribution in [0.25, 0.3) is 10.9 Å². The fraction of sp³-hybridized carbons (Fsp3) is 0. The van der Waals surface area contributed by atoms with Gasteiger partial charge in [0.05, 0.1) is 15.5 Å². The minimum atomic E-state index is -4.16. The zero-order chi connectivity index (χ0) is 17.5. The lowest BCUT2D eigenvalue weighted by Gasteiger charge is -2.09. The van der Waals surface area contributed by atoms with Crippen LogP contribution in [0, 0.1) is 23.0 Å². The summed E-state index contributed by atoms with van der Waals surface area (Å²) in [5.74, 6) is -1.46. The molecule has 0 fully saturated rings. The third-order valence-corrected chi connectivity index (χ3v) is 5.69. The molecular formula is C16H7ClF2N2O2S. The molecule has 0 atom stereocenters. The number of hydrogen-bond donors (Lipinski definition) is 0. The third kappa shape index (κ3) is 2.50. The van der Waals surface area contributed by atoms with E-state index >= 15 is 0 Å². The van der Waals surface area contributed by atoms with Gasteiger partial charge in [0.25, 0.3) is 0 Å². The molecule has 8 heteroatoms. The Labute approximate surface area is 140 Å². The number of sulfone groups is 1. The van der Waals surface area contributed by atoms with Gasteiger partial charge >= 0.3 is 0 Å². The van der Waals surface area contributed by atoms with Gasteiger partial charge in [-0.2, -0.15) is 5.26 Å². The van der Waals surface area contributed by atoms with Crippen molar-refractivity contribution < 1.29 is 17.2 Å². The summed E-state index contributed by atoms with van der Waals surface area (Å²) >= 11 is 6.13. The smallest absolute Gasteiger partial charge is 0.209 e. The van der Waals surface area contributed by atoms with Gasteiger partial charge in [0.1, 0.15) is 28.1 Å². The van der Waals surface area contributed by atoms with Crippen molar-refractivity contribution in [3.05, 3.63) is 64.8 Å². The lowest BCUT2D eigenvalue weighted by Crippen LogP contribution is -2.05. The molecule has 0 amide bonds. The highest BCUT2D eigenvalue weighted by atomic mass is 35.5. The van der Waals surface area contributed by atoms with Crippen molar-refractivity contribution in [3.63, 3.8) is 0 Å². The molecule has 1 aromatic heterocycles. The average Bonchev–Trinajstić information content (AvgIpc) is 2.56. The second-order valence-corrected chi connectivity index (χ2v) is 7.13. The van der Waals surface area contributed by atoms with Gasteiger partial charge in [-0.1, -0.05) is 23.7 Å². The monoisotopic (exact) mass is 364 g/mol. The molecule has 0 N–H and O–H groups in total. The van der Waals surface area contributed by atoms with Crippen LogP contribution in [-0.2, 0) is 9.84 Å². The number of hydrogen-bond acceptors (Lipinski definition) is 4. The van der Waals surface area contributed by atoms with E-state index in [1.165, 1.54) is 18.2 Å². The van der Waals surface area contributed by atoms with Crippen molar-refractivity contribution in [2.75, 3.05) is 0 Å². The van der Waals surface area contributed by atoms with Crippen LogP contribution in [0.2, 0.25) is 5.02 Å². The SMILES string of the molecule is N#Cc1cc(S(=O)(=O)c2cnc3c(F)cccc3c2Cl)ccc1F. The van der Waals surface area contributed by atoms with Gasteiger partial charge in [-0.05, 0) is 24.3 Å². The maximum absolute atomic E-state index is 13.7. The van der Waals surface area contributed by atoms with Crippen LogP contribution in [0.4, 0.5) is 8.78 Å². The molecule has 0 saturated heterocycles. The van der Waals surface area contributed by atoms with Crippen molar-refractivity contribution in [3.8, 4) is 6.07 Å². The first kappa shape index (κ1) is 16.3. The molecule has 2 aromatic carbocycles. The summed E-state index contributed by atoms with van der Waals surface area (Å²) in [4.78, 5) is 3.16. The Morgan fingerprint density at radius 2 is 1.88 bits per heavy atom. The molecule has 4 nitrogen and oxygen atoms in total. The molecule has 0 aliphatic heterocycles. The van der Waals surface area contributed by atoms with E-state index in [2.05, 4.69) is 4.98 Å². The Kier molecular flexibility index (Phi) is 3.95. The molecule has 0 aliphatic carbocycles. The highest BCUT2D eigenvalue weighted by Crippen LogP contribution is 2.33. The third-order valence-electron chi connectivity index (χ3n) is 3.41. The number of rotatable bonds is 2. The summed E-state index contributed by atoms with van der Waals surface area (Å²) in [6.07, 6.45) is 0.943. The van der Waals surface area contributed by atoms with Crippen molar-refractivity contribution >= 4 is 32.3 Å². The predicted octanol–water partition coefficient (Wildman–Crippen LogP) is 3.87. The minimum absolute atomic E-state index is 0.0572. The summed E-state index contributed by atoms with van der Waals surface area (Å²) in [6.45, 7) is 0. The van der Waals surface area contributed by atoms with Gasteiger partial charge in [-0.15, -0.1) is 0 Å². The van der Waals surface area contributed by atoms with Crippen molar-refractivity contribution in [1.29, 1.82) is 5.26 Å². The van der Waals surface area contributed by atoms with E-state index in [4.69, 9.17) is 16.9 Å². The molecule has 3 rings (SSSR count). The Bertz CT molecular complexity index is 1120. The molecule has 0 spiro atoms. The van der Waals surface area contributed by atoms with Gasteiger partial charge in [-0.3, -0.25) is 4.98 Å². The molecule has 1 heterocycles. The molecular weight excluding hydrogens is 358 g/mol. The Morgan fingerprint density at radius 1 is 1.12 bits per heavy atom. The molecule has 24 heavy (non-hydrogen) atoms. The second-order valence-electron chi connectivity index (χ2n) is 4.83. The number of nitriles is 1. The molecule has 120 valence electrons. The van der Waals surface area contributed by atoms with Gasteiger partial charge < -0.3 is 0 Å². The highest BCUT2D eigenvalue weighted by Gasteiger charge is 2.24. The minimum Gasteiger partial charge on any atom is -0.252 e. The fourth-order valence-electron chi connectivity index (χ4n) is 2.21. The standard InChI is InChI=1S/C16H7ClF2N2O2S/c17-15-11-2-1-3-13(19)16(11)21-8-14(15)24(22,23)10-4-5-12(18)9(6-10)7-20/h1-6,8H. The van der Waals surface area contributed by atoms with Gasteiger partial charge in [0, 0.05) is 11.6 Å². The van der Waals surface area contributed by atoms with Crippen LogP contribution in [0.1, 0.15) is 5.56 Å². The van der Waals surface area contributed by atoms with E-state index < -0.39 is 27.0 Å². The van der Waals surface area contributed by atoms with Crippen LogP contribution in [-0.4, -0.2) is 13.4 Å². The lowest BCUT2D eigenvalue weighted by atomic mass is 10.2. The summed E-state index contributed by atoms with van der Waals surface area (Å²) < 4.78 is 52.5. The molecule has 0 unspecified atom stereocenters. The number of nitrogens with zero attached hydrogens (tertiary/aromatic N) is 2. The van der Waals surface area contributed by atoms with Crippen molar-refractivity contribution in [1.82, 2.24) is 4.98 Å². The van der Waals surface area contributed by atoms with E-state index in [9.17, 15) is 17.2 Å². The summed E-state index contributed by atoms with van der Waals surface area (Å²) in [6, 6.07) is 8.40. The van der Waals surface area contributed by atoms with Gasteiger partial charge in [-0.25, -0.2) is 17.2 Å². The number of aromatic nitrogens is 1. The fourth-order valence-corrected chi connectivity index (χ4v) is 4.03. The zero-order valence-electron chi connectivity index (χ0n) is 11.8. The van der Waals surface area contributed by atoms with Gasteiger partial charge in [0.15, 0.2) is 0 Å². The zero-order valence-corrected chi connectivity index (χ0v) is 13.4. The largest absolute Gasteiger partial charge is 0.252 e. The van der Waals surface area contributed by atoms with E-state index in [1.807, 2.05) is 0 Å². The van der Waals surface area contributed by atoms with E-state index in [0.717, 1.165) is 24.4 Å². The number of para-hydroxylation sites is 1. The second kappa shape index (κ2) is 5.82. The Morgan fingerprint density at radius 3 is 2.58 bits per heavy atom. The van der Waals surface area contributed by atoms with E-state index in [-0.39, 0.29) is 25.7 Å². The molecule has 0 saturated carbocycles. The Hall–Kier alpha value is -2.56. The molecule has 0 aliphatic rings. The van der Waals surface area contributed by atoms with Crippen LogP contribution in [0.5, 0.6) is 0 Å². The summed E-state index contributed by atoms with van der Waals surface area (Å²) in [5, 5.41) is 8.79. The first-order valence-electron chi connectivity index (χ1n) is 6.53. The van der Waals surface area contributed by atoms with E-state index in [1.54, 1.807) is 6.07 Å². The summed E-state index contributed by atoms with van der Waals surface area (Å²) in [7, 11) is -4.16. The average molecular weight is 365 g/mol. The molecule has 3 aromatic rings. The van der Waals surface area contributed by atoms with Crippen molar-refractivity contribution in [2.24, 2.45) is 0 Å². The van der Waals surface area contributed by atoms with Crippen LogP contribution < -0.4 is 0 Å². The number of halogens is 3. The topological polar surface area (TPSA) is 70.8 Å². The van der Waals surface area contributed by atoms with E-state index in [0.29, 0.717) is 0 Å². The number of pyridine rings is 1. The molecule has 0 bridgehead atoms. The normalized spacial score (nSPS) is 11.4. The first-order chi connectivity index (χ1) is 11.4. The lowest BCUT2D eigenvalue weighted by molar-refractivity contribution is 0.594. The van der Waals surface area contributed by atoms with Crippen LogP contribution in [0.3, 0.4) is 0 Å². The summed E-state index contributed by atoms with van der Waals surface area (Å²) in [5.41, 5.74) is -0.467. The van der Waals surface area contributed by atoms with Crippen LogP contribution in [0.15, 0.2) is 52.4 Å².